The van der Waals surface area contributed by atoms with Crippen molar-refractivity contribution in [2.45, 2.75) is 0 Å². The lowest BCUT2D eigenvalue weighted by atomic mass is 9.91. The van der Waals surface area contributed by atoms with E-state index in [1.54, 1.807) is 84.9 Å². The van der Waals surface area contributed by atoms with Crippen LogP contribution in [-0.4, -0.2) is 0 Å². The van der Waals surface area contributed by atoms with Crippen LogP contribution in [0.3, 0.4) is 0 Å². The summed E-state index contributed by atoms with van der Waals surface area (Å²) in [5.74, 6) is -6.73. The highest BCUT2D eigenvalue weighted by Crippen LogP contribution is 2.49. The maximum Gasteiger partial charge on any atom is 0.126 e. The Labute approximate surface area is 440 Å². The molecule has 0 aromatic heterocycles. The van der Waals surface area contributed by atoms with Crippen LogP contribution in [0.1, 0.15) is 11.1 Å². The zero-order chi connectivity index (χ0) is 53.9. The van der Waals surface area contributed by atoms with E-state index in [-0.39, 0.29) is 22.3 Å². The molecule has 12 aromatic rings. The molecule has 0 N–H and O–H groups in total. The number of nitriles is 2. The van der Waals surface area contributed by atoms with Gasteiger partial charge in [0, 0.05) is 57.8 Å². The van der Waals surface area contributed by atoms with Gasteiger partial charge in [-0.2, -0.15) is 10.5 Å². The molecule has 0 saturated heterocycles. The summed E-state index contributed by atoms with van der Waals surface area (Å²) in [5.41, 5.74) is 5.43. The highest BCUT2D eigenvalue weighted by Gasteiger charge is 2.25. The fraction of sp³-hybridized carbons (Fsp3) is 0. The molecule has 0 heterocycles. The Morgan fingerprint density at radius 1 is 0.269 bits per heavy atom. The first-order valence-corrected chi connectivity index (χ1v) is 24.2. The lowest BCUT2D eigenvalue weighted by molar-refractivity contribution is 0.583. The van der Waals surface area contributed by atoms with E-state index in [0.717, 1.165) is 94.3 Å². The normalized spacial score (nSPS) is 11.3. The topological polar surface area (TPSA) is 54.1 Å². The van der Waals surface area contributed by atoms with Crippen molar-refractivity contribution >= 4 is 66.4 Å². The van der Waals surface area contributed by atoms with Crippen LogP contribution in [0.5, 0.6) is 0 Å². The van der Waals surface area contributed by atoms with Crippen molar-refractivity contribution in [3.8, 4) is 56.6 Å². The van der Waals surface area contributed by atoms with Gasteiger partial charge < -0.3 is 9.80 Å². The fourth-order valence-corrected chi connectivity index (χ4v) is 10.5. The second-order valence-corrected chi connectivity index (χ2v) is 18.8. The highest BCUT2D eigenvalue weighted by atomic mass is 19.2. The smallest absolute Gasteiger partial charge is 0.126 e. The Balaban J connectivity index is 1.13. The summed E-state index contributed by atoms with van der Waals surface area (Å²) in [5, 5.41) is 25.0. The average Bonchev–Trinajstić information content (AvgIpc) is 3.61. The summed E-state index contributed by atoms with van der Waals surface area (Å²) in [7, 11) is 0. The molecule has 12 rings (SSSR count). The summed E-state index contributed by atoms with van der Waals surface area (Å²) in [4.78, 5) is 3.73. The first-order valence-electron chi connectivity index (χ1n) is 24.2. The Bertz CT molecular complexity index is 4000. The highest BCUT2D eigenvalue weighted by molar-refractivity contribution is 6.28. The minimum Gasteiger partial charge on any atom is -0.310 e. The summed E-state index contributed by atoms with van der Waals surface area (Å²) >= 11 is 0. The van der Waals surface area contributed by atoms with Crippen molar-refractivity contribution in [2.24, 2.45) is 0 Å². The van der Waals surface area contributed by atoms with E-state index in [2.05, 4.69) is 12.1 Å². The van der Waals surface area contributed by atoms with Gasteiger partial charge in [-0.05, 0) is 200 Å². The maximum atomic E-state index is 15.0. The molecule has 4 nitrogen and oxygen atoms in total. The average molecular weight is 1040 g/mol. The Kier molecular flexibility index (Phi) is 12.1. The lowest BCUT2D eigenvalue weighted by Crippen LogP contribution is -2.12. The largest absolute Gasteiger partial charge is 0.310 e. The molecule has 374 valence electrons. The van der Waals surface area contributed by atoms with Gasteiger partial charge in [-0.25, -0.2) is 35.1 Å². The van der Waals surface area contributed by atoms with Crippen molar-refractivity contribution in [3.05, 3.63) is 264 Å². The van der Waals surface area contributed by atoms with Crippen molar-refractivity contribution in [3.63, 3.8) is 0 Å². The minimum absolute atomic E-state index is 0.148. The molecule has 0 atom stereocenters. The Morgan fingerprint density at radius 3 is 0.846 bits per heavy atom. The first-order chi connectivity index (χ1) is 37.7. The van der Waals surface area contributed by atoms with E-state index < -0.39 is 46.5 Å². The van der Waals surface area contributed by atoms with Crippen LogP contribution in [0.15, 0.2) is 206 Å². The number of halogens is 8. The van der Waals surface area contributed by atoms with Crippen molar-refractivity contribution in [2.75, 3.05) is 9.80 Å². The van der Waals surface area contributed by atoms with Gasteiger partial charge in [-0.1, -0.05) is 48.5 Å². The van der Waals surface area contributed by atoms with Gasteiger partial charge >= 0.3 is 0 Å². The summed E-state index contributed by atoms with van der Waals surface area (Å²) in [6, 6.07) is 55.8. The number of benzene rings is 12. The summed E-state index contributed by atoms with van der Waals surface area (Å²) in [6.45, 7) is 0. The van der Waals surface area contributed by atoms with Crippen molar-refractivity contribution < 1.29 is 35.1 Å². The molecule has 0 bridgehead atoms. The van der Waals surface area contributed by atoms with Gasteiger partial charge in [0.15, 0.2) is 0 Å². The first kappa shape index (κ1) is 48.6. The Morgan fingerprint density at radius 2 is 0.551 bits per heavy atom. The molecule has 78 heavy (non-hydrogen) atoms. The van der Waals surface area contributed by atoms with Crippen LogP contribution in [0.2, 0.25) is 0 Å². The summed E-state index contributed by atoms with van der Waals surface area (Å²) in [6.07, 6.45) is 0. The third-order valence-corrected chi connectivity index (χ3v) is 13.7. The van der Waals surface area contributed by atoms with Crippen LogP contribution in [-0.2, 0) is 0 Å². The van der Waals surface area contributed by atoms with E-state index in [0.29, 0.717) is 78.3 Å². The molecule has 12 aromatic carbocycles. The number of anilines is 6. The van der Waals surface area contributed by atoms with Gasteiger partial charge in [0.1, 0.15) is 46.5 Å². The van der Waals surface area contributed by atoms with Crippen LogP contribution >= 0.6 is 0 Å². The third kappa shape index (κ3) is 9.12. The molecule has 0 spiro atoms. The molecule has 12 heteroatoms. The van der Waals surface area contributed by atoms with Gasteiger partial charge in [0.2, 0.25) is 0 Å². The van der Waals surface area contributed by atoms with E-state index >= 15 is 0 Å². The minimum atomic E-state index is -0.841. The van der Waals surface area contributed by atoms with Crippen LogP contribution in [0.25, 0.3) is 76.8 Å². The zero-order valence-electron chi connectivity index (χ0n) is 40.4. The monoisotopic (exact) mass is 1030 g/mol. The number of hydrogen-bond acceptors (Lipinski definition) is 4. The van der Waals surface area contributed by atoms with Gasteiger partial charge in [0.05, 0.1) is 34.6 Å². The quantitative estimate of drug-likeness (QED) is 0.101. The fourth-order valence-electron chi connectivity index (χ4n) is 10.5. The number of nitrogens with zero attached hydrogens (tertiary/aromatic N) is 4. The molecular formula is C66H34F8N4. The maximum absolute atomic E-state index is 15.0. The molecule has 0 fully saturated rings. The lowest BCUT2D eigenvalue weighted by Gasteiger charge is -2.30. The van der Waals surface area contributed by atoms with Crippen LogP contribution < -0.4 is 9.80 Å². The van der Waals surface area contributed by atoms with E-state index in [1.807, 2.05) is 58.3 Å². The molecular weight excluding hydrogens is 1000 g/mol. The molecule has 0 aliphatic heterocycles. The molecule has 0 aliphatic rings. The number of hydrogen-bond donors (Lipinski definition) is 0. The molecule has 0 aliphatic carbocycles. The van der Waals surface area contributed by atoms with Crippen LogP contribution in [0.4, 0.5) is 69.2 Å². The Hall–Kier alpha value is -10.3. The molecule has 0 radical (unpaired) electrons. The van der Waals surface area contributed by atoms with E-state index in [4.69, 9.17) is 0 Å². The van der Waals surface area contributed by atoms with Crippen molar-refractivity contribution in [1.29, 1.82) is 10.5 Å². The third-order valence-electron chi connectivity index (χ3n) is 13.7. The van der Waals surface area contributed by atoms with Gasteiger partial charge in [-0.3, -0.25) is 0 Å². The SMILES string of the molecule is N#Cc1cccc(N(c2cc(-c3cc(F)cc(F)c3)cc(-c3cc(F)cc(F)c3)c2)c2ccc3ccc4c(N(c5cccc(C#N)c5)c5cc(-c6cc(F)cc(F)c6)cc(-c6cc(F)cc(F)c6)c5)ccc5ccc2c3c54)c1. The standard InChI is InChI=1S/C66H34F8N4/c67-49-19-45(20-50(68)31-49)41-17-42(46-21-51(69)32-52(70)22-46)28-59(27-41)77(57-5-1-3-37(15-57)35-75)63-13-9-39-8-12-62-64(14-10-40-7-11-61(63)65(39)66(40)62)78(58-6-2-4-38(16-58)36-76)60-29-43(47-23-53(71)33-54(72)24-47)18-44(30-60)48-25-55(73)34-56(74)26-48/h1-34H. The predicted molar refractivity (Wildman–Crippen MR) is 290 cm³/mol. The van der Waals surface area contributed by atoms with Crippen LogP contribution in [0, 0.1) is 69.2 Å². The number of rotatable bonds is 10. The summed E-state index contributed by atoms with van der Waals surface area (Å²) < 4.78 is 120. The molecule has 0 amide bonds. The van der Waals surface area contributed by atoms with Crippen molar-refractivity contribution in [1.82, 2.24) is 0 Å². The molecule has 0 saturated carbocycles. The van der Waals surface area contributed by atoms with Gasteiger partial charge in [0.25, 0.3) is 0 Å². The zero-order valence-corrected chi connectivity index (χ0v) is 40.4. The molecule has 0 unspecified atom stereocenters. The van der Waals surface area contributed by atoms with Gasteiger partial charge in [-0.15, -0.1) is 0 Å². The van der Waals surface area contributed by atoms with E-state index in [9.17, 15) is 45.6 Å². The predicted octanol–water partition coefficient (Wildman–Crippen LogP) is 19.0. The second kappa shape index (κ2) is 19.4. The van der Waals surface area contributed by atoms with E-state index in [1.165, 1.54) is 0 Å². The second-order valence-electron chi connectivity index (χ2n) is 18.8.